The molecule has 0 aliphatic heterocycles. The lowest BCUT2D eigenvalue weighted by molar-refractivity contribution is -0.122. The van der Waals surface area contributed by atoms with Crippen LogP contribution in [-0.4, -0.2) is 42.5 Å². The zero-order valence-electron chi connectivity index (χ0n) is 15.9. The monoisotopic (exact) mass is 353 g/mol. The molecule has 0 spiro atoms. The van der Waals surface area contributed by atoms with Gasteiger partial charge in [0.2, 0.25) is 5.91 Å². The summed E-state index contributed by atoms with van der Waals surface area (Å²) in [6, 6.07) is 20.1. The van der Waals surface area contributed by atoms with E-state index in [-0.39, 0.29) is 11.9 Å². The second-order valence-electron chi connectivity index (χ2n) is 6.61. The summed E-state index contributed by atoms with van der Waals surface area (Å²) in [6.07, 6.45) is 1.47. The Balaban J connectivity index is 1.93. The summed E-state index contributed by atoms with van der Waals surface area (Å²) in [5.41, 5.74) is 8.47. The highest BCUT2D eigenvalue weighted by Gasteiger charge is 2.20. The van der Waals surface area contributed by atoms with Gasteiger partial charge in [-0.2, -0.15) is 0 Å². The van der Waals surface area contributed by atoms with Gasteiger partial charge in [0.1, 0.15) is 0 Å². The predicted octanol–water partition coefficient (Wildman–Crippen LogP) is 2.63. The molecule has 0 saturated heterocycles. The molecule has 3 N–H and O–H groups in total. The Morgan fingerprint density at radius 1 is 0.923 bits per heavy atom. The topological polar surface area (TPSA) is 58.4 Å². The number of nitrogens with one attached hydrogen (secondary N) is 1. The molecule has 4 heteroatoms. The Bertz CT molecular complexity index is 641. The van der Waals surface area contributed by atoms with Crippen LogP contribution in [0.2, 0.25) is 0 Å². The van der Waals surface area contributed by atoms with Gasteiger partial charge in [-0.05, 0) is 37.1 Å². The van der Waals surface area contributed by atoms with E-state index in [1.807, 2.05) is 36.4 Å². The Kier molecular flexibility index (Phi) is 8.32. The lowest BCUT2D eigenvalue weighted by Gasteiger charge is -2.30. The van der Waals surface area contributed by atoms with Gasteiger partial charge in [-0.15, -0.1) is 0 Å². The lowest BCUT2D eigenvalue weighted by atomic mass is 10.0. The maximum atomic E-state index is 12.4. The zero-order valence-corrected chi connectivity index (χ0v) is 15.9. The smallest absolute Gasteiger partial charge is 0.237 e. The van der Waals surface area contributed by atoms with E-state index in [0.717, 1.165) is 25.1 Å². The first-order valence-corrected chi connectivity index (χ1v) is 9.49. The van der Waals surface area contributed by atoms with Crippen LogP contribution in [0.25, 0.3) is 0 Å². The summed E-state index contributed by atoms with van der Waals surface area (Å²) >= 11 is 0. The van der Waals surface area contributed by atoms with E-state index < -0.39 is 6.04 Å². The number of nitrogens with zero attached hydrogens (tertiary/aromatic N) is 1. The molecule has 0 aliphatic carbocycles. The van der Waals surface area contributed by atoms with Crippen LogP contribution in [0, 0.1) is 0 Å². The highest BCUT2D eigenvalue weighted by Crippen LogP contribution is 2.09. The number of benzene rings is 2. The van der Waals surface area contributed by atoms with Gasteiger partial charge >= 0.3 is 0 Å². The summed E-state index contributed by atoms with van der Waals surface area (Å²) in [6.45, 7) is 6.84. The van der Waals surface area contributed by atoms with Crippen LogP contribution in [-0.2, 0) is 17.6 Å². The van der Waals surface area contributed by atoms with Gasteiger partial charge in [-0.3, -0.25) is 9.69 Å². The molecule has 0 aromatic heterocycles. The van der Waals surface area contributed by atoms with E-state index in [0.29, 0.717) is 13.0 Å². The zero-order chi connectivity index (χ0) is 18.8. The van der Waals surface area contributed by atoms with Crippen molar-refractivity contribution in [2.24, 2.45) is 5.73 Å². The number of amides is 1. The van der Waals surface area contributed by atoms with Crippen LogP contribution < -0.4 is 11.1 Å². The Labute approximate surface area is 157 Å². The minimum absolute atomic E-state index is 0.0842. The van der Waals surface area contributed by atoms with Crippen molar-refractivity contribution >= 4 is 5.91 Å². The van der Waals surface area contributed by atoms with Crippen LogP contribution in [0.15, 0.2) is 60.7 Å². The third-order valence-electron chi connectivity index (χ3n) is 4.79. The molecular weight excluding hydrogens is 322 g/mol. The number of hydrogen-bond acceptors (Lipinski definition) is 3. The molecule has 26 heavy (non-hydrogen) atoms. The maximum Gasteiger partial charge on any atom is 0.237 e. The van der Waals surface area contributed by atoms with Crippen LogP contribution >= 0.6 is 0 Å². The first kappa shape index (κ1) is 20.1. The average Bonchev–Trinajstić information content (AvgIpc) is 2.68. The number of hydrogen-bond donors (Lipinski definition) is 2. The number of carbonyl (C=O) groups is 1. The van der Waals surface area contributed by atoms with Gasteiger partial charge in [0.05, 0.1) is 6.04 Å². The fourth-order valence-corrected chi connectivity index (χ4v) is 3.27. The number of nitrogens with two attached hydrogens (primary N) is 1. The van der Waals surface area contributed by atoms with E-state index >= 15 is 0 Å². The van der Waals surface area contributed by atoms with Crippen molar-refractivity contribution < 1.29 is 4.79 Å². The molecule has 1 amide bonds. The SMILES string of the molecule is CCN(CC)C(CNC(=O)C(N)Cc1ccccc1)Cc1ccccc1. The normalized spacial score (nSPS) is 13.4. The quantitative estimate of drug-likeness (QED) is 0.690. The minimum Gasteiger partial charge on any atom is -0.353 e. The highest BCUT2D eigenvalue weighted by molar-refractivity contribution is 5.81. The Morgan fingerprint density at radius 3 is 1.92 bits per heavy atom. The highest BCUT2D eigenvalue weighted by atomic mass is 16.2. The largest absolute Gasteiger partial charge is 0.353 e. The van der Waals surface area contributed by atoms with Gasteiger partial charge in [0.15, 0.2) is 0 Å². The van der Waals surface area contributed by atoms with Crippen molar-refractivity contribution in [3.8, 4) is 0 Å². The molecule has 4 nitrogen and oxygen atoms in total. The summed E-state index contributed by atoms with van der Waals surface area (Å²) in [7, 11) is 0. The summed E-state index contributed by atoms with van der Waals surface area (Å²) in [5.74, 6) is -0.0842. The van der Waals surface area contributed by atoms with Gasteiger partial charge < -0.3 is 11.1 Å². The maximum absolute atomic E-state index is 12.4. The Morgan fingerprint density at radius 2 is 1.42 bits per heavy atom. The number of likely N-dealkylation sites (N-methyl/N-ethyl adjacent to an activating group) is 1. The van der Waals surface area contributed by atoms with Crippen molar-refractivity contribution in [2.75, 3.05) is 19.6 Å². The van der Waals surface area contributed by atoms with Gasteiger partial charge in [0.25, 0.3) is 0 Å². The third-order valence-corrected chi connectivity index (χ3v) is 4.79. The minimum atomic E-state index is -0.522. The molecular formula is C22H31N3O. The fraction of sp³-hybridized carbons (Fsp3) is 0.409. The Hall–Kier alpha value is -2.17. The van der Waals surface area contributed by atoms with Crippen molar-refractivity contribution in [3.05, 3.63) is 71.8 Å². The van der Waals surface area contributed by atoms with E-state index in [1.165, 1.54) is 5.56 Å². The summed E-state index contributed by atoms with van der Waals surface area (Å²) in [4.78, 5) is 14.8. The van der Waals surface area contributed by atoms with Crippen molar-refractivity contribution in [3.63, 3.8) is 0 Å². The molecule has 2 aromatic rings. The molecule has 2 atom stereocenters. The van der Waals surface area contributed by atoms with Crippen LogP contribution in [0.4, 0.5) is 0 Å². The van der Waals surface area contributed by atoms with Gasteiger partial charge in [0, 0.05) is 12.6 Å². The van der Waals surface area contributed by atoms with Crippen molar-refractivity contribution in [1.29, 1.82) is 0 Å². The fourth-order valence-electron chi connectivity index (χ4n) is 3.27. The molecule has 0 fully saturated rings. The van der Waals surface area contributed by atoms with Gasteiger partial charge in [-0.1, -0.05) is 74.5 Å². The molecule has 0 radical (unpaired) electrons. The van der Waals surface area contributed by atoms with Crippen molar-refractivity contribution in [1.82, 2.24) is 10.2 Å². The number of carbonyl (C=O) groups excluding carboxylic acids is 1. The second-order valence-corrected chi connectivity index (χ2v) is 6.61. The van der Waals surface area contributed by atoms with Gasteiger partial charge in [-0.25, -0.2) is 0 Å². The molecule has 2 unspecified atom stereocenters. The third kappa shape index (κ3) is 6.28. The number of rotatable bonds is 10. The second kappa shape index (κ2) is 10.7. The average molecular weight is 354 g/mol. The van der Waals surface area contributed by atoms with Crippen LogP contribution in [0.3, 0.4) is 0 Å². The molecule has 0 aliphatic rings. The molecule has 2 aromatic carbocycles. The molecule has 140 valence electrons. The standard InChI is InChI=1S/C22H31N3O/c1-3-25(4-2)20(15-18-11-7-5-8-12-18)17-24-22(26)21(23)16-19-13-9-6-10-14-19/h5-14,20-21H,3-4,15-17,23H2,1-2H3,(H,24,26). The molecule has 0 heterocycles. The summed E-state index contributed by atoms with van der Waals surface area (Å²) < 4.78 is 0. The molecule has 0 saturated carbocycles. The van der Waals surface area contributed by atoms with Crippen LogP contribution in [0.5, 0.6) is 0 Å². The first-order chi connectivity index (χ1) is 12.6. The predicted molar refractivity (Wildman–Crippen MR) is 108 cm³/mol. The van der Waals surface area contributed by atoms with Crippen molar-refractivity contribution in [2.45, 2.75) is 38.8 Å². The van der Waals surface area contributed by atoms with E-state index in [9.17, 15) is 4.79 Å². The first-order valence-electron chi connectivity index (χ1n) is 9.49. The molecule has 0 bridgehead atoms. The van der Waals surface area contributed by atoms with E-state index in [1.54, 1.807) is 0 Å². The lowest BCUT2D eigenvalue weighted by Crippen LogP contribution is -2.49. The van der Waals surface area contributed by atoms with E-state index in [4.69, 9.17) is 5.73 Å². The summed E-state index contributed by atoms with van der Waals surface area (Å²) in [5, 5.41) is 3.07. The molecule has 2 rings (SSSR count). The van der Waals surface area contributed by atoms with Crippen LogP contribution in [0.1, 0.15) is 25.0 Å². The van der Waals surface area contributed by atoms with E-state index in [2.05, 4.69) is 48.3 Å².